The number of nitrogens with one attached hydrogen (secondary N) is 2. The molecule has 0 saturated carbocycles. The Morgan fingerprint density at radius 1 is 1.27 bits per heavy atom. The first-order valence-corrected chi connectivity index (χ1v) is 8.23. The molecule has 26 heavy (non-hydrogen) atoms. The number of benzene rings is 1. The van der Waals surface area contributed by atoms with Crippen LogP contribution in [0.3, 0.4) is 0 Å². The summed E-state index contributed by atoms with van der Waals surface area (Å²) >= 11 is 0. The summed E-state index contributed by atoms with van der Waals surface area (Å²) in [5.74, 6) is 0.800. The molecule has 0 atom stereocenters. The average Bonchev–Trinajstić information content (AvgIpc) is 3.21. The van der Waals surface area contributed by atoms with Gasteiger partial charge in [-0.3, -0.25) is 9.89 Å². The molecule has 3 rings (SSSR count). The van der Waals surface area contributed by atoms with Crippen LogP contribution in [-0.2, 0) is 5.41 Å². The van der Waals surface area contributed by atoms with E-state index in [4.69, 9.17) is 4.74 Å². The Labute approximate surface area is 151 Å². The van der Waals surface area contributed by atoms with E-state index in [2.05, 4.69) is 46.6 Å². The van der Waals surface area contributed by atoms with Gasteiger partial charge in [0, 0.05) is 23.2 Å². The molecule has 8 nitrogen and oxygen atoms in total. The number of amides is 1. The van der Waals surface area contributed by atoms with Gasteiger partial charge < -0.3 is 10.1 Å². The lowest BCUT2D eigenvalue weighted by molar-refractivity contribution is 0.102. The zero-order valence-corrected chi connectivity index (χ0v) is 15.5. The van der Waals surface area contributed by atoms with E-state index in [1.807, 2.05) is 30.3 Å². The number of nitrogens with zero attached hydrogens (tertiary/aromatic N) is 4. The fourth-order valence-corrected chi connectivity index (χ4v) is 2.47. The summed E-state index contributed by atoms with van der Waals surface area (Å²) < 4.78 is 6.83. The van der Waals surface area contributed by atoms with Crippen LogP contribution in [0.2, 0.25) is 0 Å². The number of ether oxygens (including phenoxy) is 1. The van der Waals surface area contributed by atoms with Crippen molar-refractivity contribution < 1.29 is 9.53 Å². The van der Waals surface area contributed by atoms with Gasteiger partial charge in [-0.25, -0.2) is 4.68 Å². The van der Waals surface area contributed by atoms with Crippen LogP contribution in [-0.4, -0.2) is 38.2 Å². The molecule has 0 spiro atoms. The van der Waals surface area contributed by atoms with Gasteiger partial charge in [-0.1, -0.05) is 32.1 Å². The second kappa shape index (κ2) is 6.62. The van der Waals surface area contributed by atoms with E-state index in [-0.39, 0.29) is 17.0 Å². The van der Waals surface area contributed by atoms with E-state index in [9.17, 15) is 4.79 Å². The number of H-pyrrole nitrogens is 1. The lowest BCUT2D eigenvalue weighted by Crippen LogP contribution is -2.14. The van der Waals surface area contributed by atoms with Gasteiger partial charge in [0.25, 0.3) is 5.91 Å². The van der Waals surface area contributed by atoms with Crippen LogP contribution in [0.15, 0.2) is 30.3 Å². The van der Waals surface area contributed by atoms with Crippen molar-refractivity contribution in [2.75, 3.05) is 12.4 Å². The van der Waals surface area contributed by atoms with Gasteiger partial charge in [0.15, 0.2) is 11.5 Å². The molecule has 0 bridgehead atoms. The molecule has 0 radical (unpaired) electrons. The highest BCUT2D eigenvalue weighted by Gasteiger charge is 2.21. The van der Waals surface area contributed by atoms with Crippen molar-refractivity contribution in [1.82, 2.24) is 25.2 Å². The Bertz CT molecular complexity index is 935. The van der Waals surface area contributed by atoms with Crippen molar-refractivity contribution in [3.63, 3.8) is 0 Å². The second-order valence-electron chi connectivity index (χ2n) is 7.01. The van der Waals surface area contributed by atoms with E-state index in [0.29, 0.717) is 17.3 Å². The van der Waals surface area contributed by atoms with Crippen molar-refractivity contribution in [1.29, 1.82) is 0 Å². The van der Waals surface area contributed by atoms with Crippen molar-refractivity contribution in [3.8, 4) is 11.4 Å². The highest BCUT2D eigenvalue weighted by Crippen LogP contribution is 2.22. The third-order valence-electron chi connectivity index (χ3n) is 4.04. The van der Waals surface area contributed by atoms with Crippen LogP contribution < -0.4 is 10.1 Å². The monoisotopic (exact) mass is 354 g/mol. The molecule has 0 aliphatic heterocycles. The highest BCUT2D eigenvalue weighted by atomic mass is 16.5. The normalized spacial score (nSPS) is 11.4. The largest absolute Gasteiger partial charge is 0.497 e. The molecule has 8 heteroatoms. The van der Waals surface area contributed by atoms with Crippen LogP contribution in [0.1, 0.15) is 42.6 Å². The predicted molar refractivity (Wildman–Crippen MR) is 97.9 cm³/mol. The summed E-state index contributed by atoms with van der Waals surface area (Å²) in [5, 5.41) is 17.9. The van der Waals surface area contributed by atoms with Crippen LogP contribution in [0, 0.1) is 6.92 Å². The standard InChI is InChI=1S/C18H22N6O2/c1-11-16(17(25)19-15-10-14(20-21-15)18(2,3)4)22-23-24(11)12-7-6-8-13(9-12)26-5/h6-10H,1-5H3,(H2,19,20,21,25). The number of methoxy groups -OCH3 is 1. The third-order valence-corrected chi connectivity index (χ3v) is 4.04. The maximum atomic E-state index is 12.6. The van der Waals surface area contributed by atoms with Crippen LogP contribution in [0.25, 0.3) is 5.69 Å². The zero-order valence-electron chi connectivity index (χ0n) is 15.5. The number of carbonyl (C=O) groups excluding carboxylic acids is 1. The third kappa shape index (κ3) is 3.44. The Morgan fingerprint density at radius 3 is 2.69 bits per heavy atom. The summed E-state index contributed by atoms with van der Waals surface area (Å²) in [6.45, 7) is 7.99. The maximum absolute atomic E-state index is 12.6. The first kappa shape index (κ1) is 17.7. The molecule has 0 aliphatic rings. The fourth-order valence-electron chi connectivity index (χ4n) is 2.47. The van der Waals surface area contributed by atoms with Gasteiger partial charge in [-0.2, -0.15) is 5.10 Å². The Balaban J connectivity index is 1.83. The first-order chi connectivity index (χ1) is 12.3. The van der Waals surface area contributed by atoms with Crippen molar-refractivity contribution in [3.05, 3.63) is 47.4 Å². The molecular weight excluding hydrogens is 332 g/mol. The molecule has 1 amide bonds. The summed E-state index contributed by atoms with van der Waals surface area (Å²) in [6, 6.07) is 9.21. The first-order valence-electron chi connectivity index (χ1n) is 8.23. The topological polar surface area (TPSA) is 97.7 Å². The van der Waals surface area contributed by atoms with Crippen LogP contribution in [0.4, 0.5) is 5.82 Å². The zero-order chi connectivity index (χ0) is 18.9. The van der Waals surface area contributed by atoms with E-state index in [0.717, 1.165) is 11.4 Å². The van der Waals surface area contributed by atoms with Crippen LogP contribution >= 0.6 is 0 Å². The van der Waals surface area contributed by atoms with E-state index in [1.165, 1.54) is 0 Å². The maximum Gasteiger partial charge on any atom is 0.279 e. The number of anilines is 1. The molecule has 0 unspecified atom stereocenters. The SMILES string of the molecule is COc1cccc(-n2nnc(C(=O)Nc3cc(C(C)(C)C)[nH]n3)c2C)c1. The van der Waals surface area contributed by atoms with Gasteiger partial charge >= 0.3 is 0 Å². The van der Waals surface area contributed by atoms with Gasteiger partial charge in [-0.05, 0) is 19.1 Å². The van der Waals surface area contributed by atoms with Crippen molar-refractivity contribution in [2.45, 2.75) is 33.1 Å². The minimum atomic E-state index is -0.358. The number of aromatic amines is 1. The molecule has 0 aliphatic carbocycles. The molecule has 136 valence electrons. The average molecular weight is 354 g/mol. The summed E-state index contributed by atoms with van der Waals surface area (Å²) in [4.78, 5) is 12.6. The lowest BCUT2D eigenvalue weighted by Gasteiger charge is -2.14. The number of aromatic nitrogens is 5. The molecule has 2 N–H and O–H groups in total. The lowest BCUT2D eigenvalue weighted by atomic mass is 9.92. The molecule has 2 heterocycles. The number of hydrogen-bond acceptors (Lipinski definition) is 5. The Hall–Kier alpha value is -3.16. The van der Waals surface area contributed by atoms with Gasteiger partial charge in [0.2, 0.25) is 0 Å². The minimum absolute atomic E-state index is 0.0820. The smallest absolute Gasteiger partial charge is 0.279 e. The molecule has 0 saturated heterocycles. The predicted octanol–water partition coefficient (Wildman–Crippen LogP) is 2.86. The molecule has 2 aromatic heterocycles. The molecule has 3 aromatic rings. The molecule has 1 aromatic carbocycles. The minimum Gasteiger partial charge on any atom is -0.497 e. The summed E-state index contributed by atoms with van der Waals surface area (Å²) in [7, 11) is 1.60. The van der Waals surface area contributed by atoms with E-state index >= 15 is 0 Å². The quantitative estimate of drug-likeness (QED) is 0.751. The highest BCUT2D eigenvalue weighted by molar-refractivity contribution is 6.03. The van der Waals surface area contributed by atoms with Crippen molar-refractivity contribution >= 4 is 11.7 Å². The summed E-state index contributed by atoms with van der Waals surface area (Å²) in [6.07, 6.45) is 0. The molecule has 0 fully saturated rings. The Morgan fingerprint density at radius 2 is 2.04 bits per heavy atom. The van der Waals surface area contributed by atoms with Gasteiger partial charge in [0.05, 0.1) is 18.5 Å². The van der Waals surface area contributed by atoms with Crippen LogP contribution in [0.5, 0.6) is 5.75 Å². The number of rotatable bonds is 4. The fraction of sp³-hybridized carbons (Fsp3) is 0.333. The Kier molecular flexibility index (Phi) is 4.50. The van der Waals surface area contributed by atoms with Crippen molar-refractivity contribution in [2.24, 2.45) is 0 Å². The summed E-state index contributed by atoms with van der Waals surface area (Å²) in [5.41, 5.74) is 2.49. The van der Waals surface area contributed by atoms with Gasteiger partial charge in [0.1, 0.15) is 5.75 Å². The number of hydrogen-bond donors (Lipinski definition) is 2. The van der Waals surface area contributed by atoms with E-state index < -0.39 is 0 Å². The van der Waals surface area contributed by atoms with E-state index in [1.54, 1.807) is 18.7 Å². The number of carbonyl (C=O) groups is 1. The second-order valence-corrected chi connectivity index (χ2v) is 7.01. The molecular formula is C18H22N6O2. The van der Waals surface area contributed by atoms with Gasteiger partial charge in [-0.15, -0.1) is 5.10 Å².